The highest BCUT2D eigenvalue weighted by molar-refractivity contribution is 7.09. The predicted molar refractivity (Wildman–Crippen MR) is 106 cm³/mol. The van der Waals surface area contributed by atoms with Crippen molar-refractivity contribution in [1.82, 2.24) is 15.6 Å². The van der Waals surface area contributed by atoms with Crippen molar-refractivity contribution in [3.8, 4) is 5.75 Å². The molecule has 0 spiro atoms. The Kier molecular flexibility index (Phi) is 8.83. The Morgan fingerprint density at radius 2 is 2.04 bits per heavy atom. The van der Waals surface area contributed by atoms with Crippen LogP contribution in [-0.4, -0.2) is 37.2 Å². The van der Waals surface area contributed by atoms with Crippen LogP contribution in [0.4, 0.5) is 0 Å². The zero-order chi connectivity index (χ0) is 17.7. The van der Waals surface area contributed by atoms with Gasteiger partial charge in [-0.1, -0.05) is 18.2 Å². The summed E-state index contributed by atoms with van der Waals surface area (Å²) >= 11 is 1.74. The Bertz CT molecular complexity index is 627. The molecule has 1 aromatic carbocycles. The number of hydrogen-bond acceptors (Lipinski definition) is 4. The number of nitrogens with one attached hydrogen (secondary N) is 2. The van der Waals surface area contributed by atoms with Gasteiger partial charge in [0.1, 0.15) is 5.75 Å². The van der Waals surface area contributed by atoms with Crippen LogP contribution in [-0.2, 0) is 6.42 Å². The van der Waals surface area contributed by atoms with E-state index in [1.54, 1.807) is 11.3 Å². The molecule has 0 unspecified atom stereocenters. The first-order chi connectivity index (χ1) is 12.3. The number of para-hydroxylation sites is 1. The second kappa shape index (κ2) is 11.5. The maximum Gasteiger partial charge on any atom is 0.191 e. The molecule has 0 saturated heterocycles. The van der Waals surface area contributed by atoms with Crippen LogP contribution in [0.25, 0.3) is 0 Å². The molecule has 0 aliphatic heterocycles. The van der Waals surface area contributed by atoms with Gasteiger partial charge in [0.05, 0.1) is 11.6 Å². The molecular weight excluding hydrogens is 332 g/mol. The molecule has 2 rings (SSSR count). The van der Waals surface area contributed by atoms with Crippen LogP contribution in [0.15, 0.2) is 40.7 Å². The number of hydrogen-bond donors (Lipinski definition) is 2. The Morgan fingerprint density at radius 3 is 2.76 bits per heavy atom. The SMILES string of the molecule is CCNC(=NCCCOc1ccccc1)NCCCc1nc(C)cs1. The average molecular weight is 361 g/mol. The predicted octanol–water partition coefficient (Wildman–Crippen LogP) is 3.41. The minimum atomic E-state index is 0.677. The van der Waals surface area contributed by atoms with E-state index >= 15 is 0 Å². The number of thiazole rings is 1. The van der Waals surface area contributed by atoms with Crippen LogP contribution in [0.5, 0.6) is 5.75 Å². The molecule has 0 amide bonds. The maximum absolute atomic E-state index is 5.68. The van der Waals surface area contributed by atoms with Gasteiger partial charge in [0.15, 0.2) is 5.96 Å². The van der Waals surface area contributed by atoms with Crippen LogP contribution >= 0.6 is 11.3 Å². The maximum atomic E-state index is 5.68. The smallest absolute Gasteiger partial charge is 0.191 e. The molecule has 0 saturated carbocycles. The van der Waals surface area contributed by atoms with E-state index < -0.39 is 0 Å². The summed E-state index contributed by atoms with van der Waals surface area (Å²) in [6, 6.07) is 9.89. The van der Waals surface area contributed by atoms with Crippen LogP contribution in [0.1, 0.15) is 30.5 Å². The van der Waals surface area contributed by atoms with Gasteiger partial charge in [0.2, 0.25) is 0 Å². The number of nitrogens with zero attached hydrogens (tertiary/aromatic N) is 2. The van der Waals surface area contributed by atoms with E-state index in [4.69, 9.17) is 4.74 Å². The number of aryl methyl sites for hydroxylation is 2. The lowest BCUT2D eigenvalue weighted by molar-refractivity contribution is 0.313. The third-order valence-electron chi connectivity index (χ3n) is 3.45. The van der Waals surface area contributed by atoms with Crippen LogP contribution < -0.4 is 15.4 Å². The molecule has 25 heavy (non-hydrogen) atoms. The van der Waals surface area contributed by atoms with E-state index in [2.05, 4.69) is 32.9 Å². The quantitative estimate of drug-likeness (QED) is 0.387. The van der Waals surface area contributed by atoms with E-state index in [1.165, 1.54) is 5.01 Å². The van der Waals surface area contributed by atoms with E-state index in [0.717, 1.165) is 56.3 Å². The van der Waals surface area contributed by atoms with Crippen molar-refractivity contribution in [2.75, 3.05) is 26.2 Å². The highest BCUT2D eigenvalue weighted by Crippen LogP contribution is 2.10. The molecule has 136 valence electrons. The van der Waals surface area contributed by atoms with Crippen molar-refractivity contribution in [2.24, 2.45) is 4.99 Å². The number of rotatable bonds is 10. The molecule has 0 atom stereocenters. The topological polar surface area (TPSA) is 58.5 Å². The molecule has 5 nitrogen and oxygen atoms in total. The highest BCUT2D eigenvalue weighted by Gasteiger charge is 2.00. The van der Waals surface area contributed by atoms with Gasteiger partial charge in [-0.25, -0.2) is 4.98 Å². The second-order valence-electron chi connectivity index (χ2n) is 5.69. The largest absolute Gasteiger partial charge is 0.494 e. The summed E-state index contributed by atoms with van der Waals surface area (Å²) in [5, 5.41) is 9.97. The summed E-state index contributed by atoms with van der Waals surface area (Å²) in [5.74, 6) is 1.78. The van der Waals surface area contributed by atoms with E-state index in [0.29, 0.717) is 6.61 Å². The lowest BCUT2D eigenvalue weighted by atomic mass is 10.3. The van der Waals surface area contributed by atoms with Gasteiger partial charge in [-0.15, -0.1) is 11.3 Å². The fraction of sp³-hybridized carbons (Fsp3) is 0.474. The average Bonchev–Trinajstić information content (AvgIpc) is 3.04. The molecule has 2 aromatic rings. The zero-order valence-corrected chi connectivity index (χ0v) is 15.9. The number of ether oxygens (including phenoxy) is 1. The van der Waals surface area contributed by atoms with Crippen LogP contribution in [0.2, 0.25) is 0 Å². The number of guanidine groups is 1. The van der Waals surface area contributed by atoms with Crippen molar-refractivity contribution in [1.29, 1.82) is 0 Å². The van der Waals surface area contributed by atoms with Gasteiger partial charge in [-0.05, 0) is 32.4 Å². The molecule has 1 aromatic heterocycles. The summed E-state index contributed by atoms with van der Waals surface area (Å²) in [7, 11) is 0. The van der Waals surface area contributed by atoms with Crippen molar-refractivity contribution in [2.45, 2.75) is 33.1 Å². The van der Waals surface area contributed by atoms with Crippen LogP contribution in [0.3, 0.4) is 0 Å². The Balaban J connectivity index is 1.61. The molecule has 2 N–H and O–H groups in total. The standard InChI is InChI=1S/C19H28N4OS/c1-3-20-19(21-12-7-11-18-23-16(2)15-25-18)22-13-8-14-24-17-9-5-4-6-10-17/h4-6,9-10,15H,3,7-8,11-14H2,1-2H3,(H2,20,21,22). The molecule has 0 radical (unpaired) electrons. The molecule has 0 aliphatic rings. The van der Waals surface area contributed by atoms with Crippen molar-refractivity contribution in [3.63, 3.8) is 0 Å². The molecule has 0 aliphatic carbocycles. The highest BCUT2D eigenvalue weighted by atomic mass is 32.1. The van der Waals surface area contributed by atoms with Gasteiger partial charge in [0, 0.05) is 43.5 Å². The second-order valence-corrected chi connectivity index (χ2v) is 6.63. The van der Waals surface area contributed by atoms with Crippen molar-refractivity contribution >= 4 is 17.3 Å². The summed E-state index contributed by atoms with van der Waals surface area (Å²) in [6.45, 7) is 7.29. The fourth-order valence-corrected chi connectivity index (χ4v) is 3.09. The fourth-order valence-electron chi connectivity index (χ4n) is 2.27. The molecular formula is C19H28N4OS. The number of aliphatic imine (C=N–C) groups is 1. The van der Waals surface area contributed by atoms with Crippen molar-refractivity contribution in [3.05, 3.63) is 46.4 Å². The molecule has 0 bridgehead atoms. The van der Waals surface area contributed by atoms with Gasteiger partial charge in [0.25, 0.3) is 0 Å². The third kappa shape index (κ3) is 8.03. The van der Waals surface area contributed by atoms with E-state index in [9.17, 15) is 0 Å². The van der Waals surface area contributed by atoms with E-state index in [1.807, 2.05) is 37.3 Å². The van der Waals surface area contributed by atoms with Gasteiger partial charge in [-0.2, -0.15) is 0 Å². The van der Waals surface area contributed by atoms with Crippen molar-refractivity contribution < 1.29 is 4.74 Å². The Labute approximate surface area is 154 Å². The lowest BCUT2D eigenvalue weighted by Gasteiger charge is -2.11. The number of benzene rings is 1. The Morgan fingerprint density at radius 1 is 1.20 bits per heavy atom. The van der Waals surface area contributed by atoms with Gasteiger partial charge < -0.3 is 15.4 Å². The summed E-state index contributed by atoms with van der Waals surface area (Å²) < 4.78 is 5.68. The minimum Gasteiger partial charge on any atom is -0.494 e. The molecule has 1 heterocycles. The van der Waals surface area contributed by atoms with Gasteiger partial charge >= 0.3 is 0 Å². The summed E-state index contributed by atoms with van der Waals surface area (Å²) in [6.07, 6.45) is 2.95. The normalized spacial score (nSPS) is 11.4. The summed E-state index contributed by atoms with van der Waals surface area (Å²) in [5.41, 5.74) is 1.11. The number of aromatic nitrogens is 1. The molecule has 6 heteroatoms. The van der Waals surface area contributed by atoms with E-state index in [-0.39, 0.29) is 0 Å². The Hall–Kier alpha value is -2.08. The first kappa shape index (κ1) is 19.2. The lowest BCUT2D eigenvalue weighted by Crippen LogP contribution is -2.38. The third-order valence-corrected chi connectivity index (χ3v) is 4.48. The first-order valence-corrected chi connectivity index (χ1v) is 9.77. The first-order valence-electron chi connectivity index (χ1n) is 8.89. The van der Waals surface area contributed by atoms with Crippen LogP contribution in [0, 0.1) is 6.92 Å². The molecule has 0 fully saturated rings. The monoisotopic (exact) mass is 360 g/mol. The zero-order valence-electron chi connectivity index (χ0n) is 15.1. The summed E-state index contributed by atoms with van der Waals surface area (Å²) in [4.78, 5) is 9.08. The van der Waals surface area contributed by atoms with Gasteiger partial charge in [-0.3, -0.25) is 4.99 Å². The minimum absolute atomic E-state index is 0.677.